The van der Waals surface area contributed by atoms with E-state index in [1.807, 2.05) is 60.7 Å². The molecule has 0 aliphatic heterocycles. The normalized spacial score (nSPS) is 38.3. The van der Waals surface area contributed by atoms with Crippen LogP contribution in [0.1, 0.15) is 74.7 Å². The molecule has 2 N–H and O–H groups in total. The molecular formula is C40H45NO5S2. The van der Waals surface area contributed by atoms with Crippen molar-refractivity contribution in [2.75, 3.05) is 6.54 Å². The predicted octanol–water partition coefficient (Wildman–Crippen LogP) is 7.41. The van der Waals surface area contributed by atoms with E-state index in [-0.39, 0.29) is 40.3 Å². The Hall–Kier alpha value is -2.88. The van der Waals surface area contributed by atoms with Crippen LogP contribution >= 0.6 is 11.3 Å². The molecule has 1 heterocycles. The van der Waals surface area contributed by atoms with Crippen molar-refractivity contribution < 1.29 is 23.4 Å². The molecule has 252 valence electrons. The largest absolute Gasteiger partial charge is 0.393 e. The van der Waals surface area contributed by atoms with Gasteiger partial charge in [0.25, 0.3) is 10.0 Å². The second kappa shape index (κ2) is 11.1. The Morgan fingerprint density at radius 2 is 1.54 bits per heavy atom. The maximum atomic E-state index is 14.7. The van der Waals surface area contributed by atoms with Crippen LogP contribution in [-0.4, -0.2) is 47.0 Å². The quantitative estimate of drug-likeness (QED) is 0.191. The highest BCUT2D eigenvalue weighted by atomic mass is 32.2. The molecule has 8 atom stereocenters. The number of nitrogens with zero attached hydrogens (tertiary/aromatic N) is 1. The number of aliphatic hydroxyl groups is 2. The molecule has 0 radical (unpaired) electrons. The van der Waals surface area contributed by atoms with Crippen LogP contribution < -0.4 is 0 Å². The van der Waals surface area contributed by atoms with Crippen LogP contribution in [0.25, 0.3) is 0 Å². The van der Waals surface area contributed by atoms with E-state index >= 15 is 0 Å². The Balaban J connectivity index is 1.23. The number of thiophene rings is 1. The molecule has 0 saturated heterocycles. The van der Waals surface area contributed by atoms with Crippen LogP contribution in [0, 0.1) is 33.5 Å². The summed E-state index contributed by atoms with van der Waals surface area (Å²) in [7, 11) is -3.89. The summed E-state index contributed by atoms with van der Waals surface area (Å²) in [5.74, 6) is 0.136. The fourth-order valence-corrected chi connectivity index (χ4v) is 13.8. The van der Waals surface area contributed by atoms with Crippen LogP contribution in [0.5, 0.6) is 0 Å². The highest BCUT2D eigenvalue weighted by molar-refractivity contribution is 7.91. The van der Waals surface area contributed by atoms with Crippen LogP contribution in [-0.2, 0) is 16.6 Å². The summed E-state index contributed by atoms with van der Waals surface area (Å²) in [5.41, 5.74) is -0.754. The summed E-state index contributed by atoms with van der Waals surface area (Å²) in [6.45, 7) is 4.69. The molecule has 6 nitrogen and oxygen atoms in total. The summed E-state index contributed by atoms with van der Waals surface area (Å²) in [6, 6.07) is 22.5. The Morgan fingerprint density at radius 3 is 2.25 bits per heavy atom. The van der Waals surface area contributed by atoms with Gasteiger partial charge >= 0.3 is 0 Å². The average Bonchev–Trinajstić information content (AvgIpc) is 3.72. The Kier molecular flexibility index (Phi) is 7.45. The SMILES string of the molecule is CC12CCC(O)CC13C=CC1(C(C(=O)c4ccccc4)=C3)C2CCC2(C)C1CCC2(O)CN(Cc1ccccc1)S(=O)(=O)c1cccs1. The monoisotopic (exact) mass is 683 g/mol. The number of carbonyl (C=O) groups excluding carboxylic acids is 1. The second-order valence-corrected chi connectivity index (χ2v) is 18.8. The second-order valence-electron chi connectivity index (χ2n) is 15.7. The molecule has 0 amide bonds. The van der Waals surface area contributed by atoms with Gasteiger partial charge in [-0.05, 0) is 79.2 Å². The van der Waals surface area contributed by atoms with E-state index in [9.17, 15) is 23.4 Å². The molecule has 6 aliphatic carbocycles. The van der Waals surface area contributed by atoms with Gasteiger partial charge in [-0.3, -0.25) is 4.79 Å². The highest BCUT2D eigenvalue weighted by Crippen LogP contribution is 2.78. The maximum absolute atomic E-state index is 14.7. The lowest BCUT2D eigenvalue weighted by atomic mass is 9.32. The van der Waals surface area contributed by atoms with Crippen molar-refractivity contribution in [3.63, 3.8) is 0 Å². The van der Waals surface area contributed by atoms with Gasteiger partial charge in [0.1, 0.15) is 4.21 Å². The first kappa shape index (κ1) is 32.3. The standard InChI is InChI=1S/C40H45NO5S2/c1-36-18-15-30(42)24-38(36)21-22-40(31(25-38)35(43)29-12-7-4-8-13-29)32(36)16-19-37(2)33(40)17-20-39(37,44)27-41(26-28-10-5-3-6-11-28)48(45,46)34-14-9-23-47-34/h3-14,21-23,25,30,32-33,42,44H,15-20,24,26-27H2,1-2H3. The van der Waals surface area contributed by atoms with Crippen LogP contribution in [0.2, 0.25) is 0 Å². The molecule has 9 rings (SSSR count). The molecule has 2 spiro atoms. The fraction of sp³-hybridized carbons (Fsp3) is 0.475. The van der Waals surface area contributed by atoms with Crippen molar-refractivity contribution in [2.24, 2.45) is 33.5 Å². The first-order valence-corrected chi connectivity index (χ1v) is 19.7. The molecule has 8 unspecified atom stereocenters. The van der Waals surface area contributed by atoms with E-state index in [0.717, 1.165) is 36.8 Å². The highest BCUT2D eigenvalue weighted by Gasteiger charge is 2.74. The van der Waals surface area contributed by atoms with E-state index < -0.39 is 38.0 Å². The van der Waals surface area contributed by atoms with Crippen molar-refractivity contribution in [1.29, 1.82) is 0 Å². The molecule has 2 aromatic carbocycles. The molecule has 2 bridgehead atoms. The smallest absolute Gasteiger partial charge is 0.252 e. The third-order valence-electron chi connectivity index (χ3n) is 13.7. The number of aliphatic hydroxyl groups excluding tert-OH is 1. The number of Topliss-reactive ketones (excluding diaryl/α,β-unsaturated/α-hetero) is 1. The molecule has 48 heavy (non-hydrogen) atoms. The summed E-state index contributed by atoms with van der Waals surface area (Å²) in [5, 5.41) is 25.7. The van der Waals surface area contributed by atoms with Crippen LogP contribution in [0.4, 0.5) is 0 Å². The molecule has 3 aromatic rings. The zero-order valence-corrected chi connectivity index (χ0v) is 29.3. The van der Waals surface area contributed by atoms with E-state index in [0.29, 0.717) is 24.8 Å². The van der Waals surface area contributed by atoms with E-state index in [2.05, 4.69) is 32.1 Å². The lowest BCUT2D eigenvalue weighted by molar-refractivity contribution is -0.173. The number of hydrogen-bond acceptors (Lipinski definition) is 6. The van der Waals surface area contributed by atoms with Crippen molar-refractivity contribution in [3.8, 4) is 0 Å². The van der Waals surface area contributed by atoms with E-state index in [4.69, 9.17) is 0 Å². The number of allylic oxidation sites excluding steroid dienone is 4. The van der Waals surface area contributed by atoms with Crippen LogP contribution in [0.3, 0.4) is 0 Å². The third kappa shape index (κ3) is 4.38. The summed E-state index contributed by atoms with van der Waals surface area (Å²) in [4.78, 5) is 14.7. The lowest BCUT2D eigenvalue weighted by Crippen LogP contribution is -2.67. The Morgan fingerprint density at radius 1 is 0.875 bits per heavy atom. The zero-order valence-electron chi connectivity index (χ0n) is 27.7. The van der Waals surface area contributed by atoms with Gasteiger partial charge in [-0.25, -0.2) is 8.42 Å². The van der Waals surface area contributed by atoms with Gasteiger partial charge in [0.05, 0.1) is 11.7 Å². The fourth-order valence-electron chi connectivity index (χ4n) is 11.2. The minimum atomic E-state index is -3.89. The minimum Gasteiger partial charge on any atom is -0.393 e. The van der Waals surface area contributed by atoms with E-state index in [1.165, 1.54) is 15.6 Å². The van der Waals surface area contributed by atoms with Gasteiger partial charge in [0.2, 0.25) is 0 Å². The summed E-state index contributed by atoms with van der Waals surface area (Å²) >= 11 is 1.20. The molecular weight excluding hydrogens is 639 g/mol. The van der Waals surface area contributed by atoms with Gasteiger partial charge in [-0.2, -0.15) is 4.31 Å². The topological polar surface area (TPSA) is 94.9 Å². The van der Waals surface area contributed by atoms with Crippen molar-refractivity contribution in [1.82, 2.24) is 4.31 Å². The van der Waals surface area contributed by atoms with Gasteiger partial charge in [-0.1, -0.05) is 98.8 Å². The number of ketones is 1. The first-order chi connectivity index (χ1) is 22.9. The summed E-state index contributed by atoms with van der Waals surface area (Å²) < 4.78 is 30.2. The minimum absolute atomic E-state index is 0.0152. The first-order valence-electron chi connectivity index (χ1n) is 17.4. The van der Waals surface area contributed by atoms with E-state index in [1.54, 1.807) is 17.5 Å². The van der Waals surface area contributed by atoms with Gasteiger partial charge in [-0.15, -0.1) is 11.3 Å². The number of carbonyl (C=O) groups is 1. The molecule has 6 aliphatic rings. The molecule has 8 heteroatoms. The Labute approximate surface area is 288 Å². The third-order valence-corrected chi connectivity index (χ3v) is 16.9. The number of rotatable bonds is 8. The average molecular weight is 684 g/mol. The maximum Gasteiger partial charge on any atom is 0.252 e. The zero-order chi connectivity index (χ0) is 33.6. The summed E-state index contributed by atoms with van der Waals surface area (Å²) in [6.07, 6.45) is 11.4. The van der Waals surface area contributed by atoms with Gasteiger partial charge in [0.15, 0.2) is 5.78 Å². The molecule has 3 saturated carbocycles. The number of sulfonamides is 1. The van der Waals surface area contributed by atoms with Gasteiger partial charge < -0.3 is 10.2 Å². The molecule has 1 aromatic heterocycles. The van der Waals surface area contributed by atoms with Crippen molar-refractivity contribution in [3.05, 3.63) is 113 Å². The number of hydrogen-bond donors (Lipinski definition) is 2. The lowest BCUT2D eigenvalue weighted by Gasteiger charge is -2.71. The van der Waals surface area contributed by atoms with Crippen molar-refractivity contribution >= 4 is 27.1 Å². The Bertz CT molecular complexity index is 1890. The van der Waals surface area contributed by atoms with Crippen molar-refractivity contribution in [2.45, 2.75) is 81.3 Å². The predicted molar refractivity (Wildman–Crippen MR) is 188 cm³/mol. The molecule has 3 fully saturated rings. The number of fused-ring (bicyclic) bond motifs is 1. The van der Waals surface area contributed by atoms with Gasteiger partial charge in [0, 0.05) is 40.5 Å². The van der Waals surface area contributed by atoms with Crippen LogP contribution in [0.15, 0.2) is 106 Å². The number of benzene rings is 2.